The molecule has 7 nitrogen and oxygen atoms in total. The van der Waals surface area contributed by atoms with Crippen LogP contribution in [0.1, 0.15) is 30.1 Å². The van der Waals surface area contributed by atoms with Gasteiger partial charge in [-0.15, -0.1) is 6.58 Å². The molecule has 8 heteroatoms. The van der Waals surface area contributed by atoms with E-state index >= 15 is 0 Å². The second-order valence-electron chi connectivity index (χ2n) is 6.74. The number of carbonyl (C=O) groups excluding carboxylic acids is 2. The summed E-state index contributed by atoms with van der Waals surface area (Å²) in [5.41, 5.74) is 0.738. The van der Waals surface area contributed by atoms with Crippen molar-refractivity contribution in [2.24, 2.45) is 5.92 Å². The first-order chi connectivity index (χ1) is 13.5. The Morgan fingerprint density at radius 2 is 2.21 bits per heavy atom. The molecule has 148 valence electrons. The number of ether oxygens (including phenoxy) is 1. The highest BCUT2D eigenvalue weighted by Crippen LogP contribution is 2.21. The van der Waals surface area contributed by atoms with E-state index in [2.05, 4.69) is 11.6 Å². The van der Waals surface area contributed by atoms with Crippen molar-refractivity contribution in [3.05, 3.63) is 51.5 Å². The lowest BCUT2D eigenvalue weighted by Gasteiger charge is -2.31. The zero-order chi connectivity index (χ0) is 20.3. The van der Waals surface area contributed by atoms with Crippen LogP contribution in [0, 0.1) is 10.7 Å². The number of H-pyrrole nitrogens is 1. The SMILES string of the molecule is C=CCn1c(=S)[nH]c2cc(C(=O)N3CCCC(C(=O)OCC)C3)ccc2c1=O. The average molecular weight is 401 g/mol. The predicted molar refractivity (Wildman–Crippen MR) is 109 cm³/mol. The number of amides is 1. The van der Waals surface area contributed by atoms with Gasteiger partial charge in [0.05, 0.1) is 23.4 Å². The third-order valence-corrected chi connectivity index (χ3v) is 5.19. The molecule has 1 aromatic carbocycles. The Kier molecular flexibility index (Phi) is 6.08. The molecule has 1 amide bonds. The summed E-state index contributed by atoms with van der Waals surface area (Å²) >= 11 is 5.25. The number of nitrogens with zero attached hydrogens (tertiary/aromatic N) is 2. The summed E-state index contributed by atoms with van der Waals surface area (Å²) < 4.78 is 6.79. The molecule has 0 saturated carbocycles. The van der Waals surface area contributed by atoms with Gasteiger partial charge in [0.2, 0.25) is 0 Å². The van der Waals surface area contributed by atoms with Crippen LogP contribution in [0.25, 0.3) is 10.9 Å². The van der Waals surface area contributed by atoms with Gasteiger partial charge in [-0.3, -0.25) is 19.0 Å². The zero-order valence-corrected chi connectivity index (χ0v) is 16.6. The highest BCUT2D eigenvalue weighted by atomic mass is 32.1. The molecule has 3 rings (SSSR count). The summed E-state index contributed by atoms with van der Waals surface area (Å²) in [6, 6.07) is 4.90. The highest BCUT2D eigenvalue weighted by Gasteiger charge is 2.29. The Bertz CT molecular complexity index is 1040. The normalized spacial score (nSPS) is 16.8. The molecule has 1 aromatic heterocycles. The molecular weight excluding hydrogens is 378 g/mol. The first kappa shape index (κ1) is 20.0. The number of aromatic nitrogens is 2. The number of esters is 1. The standard InChI is InChI=1S/C20H23N3O4S/c1-3-9-23-18(25)15-8-7-13(11-16(15)21-20(23)28)17(24)22-10-5-6-14(12-22)19(26)27-4-2/h3,7-8,11,14H,1,4-6,9-10,12H2,2H3,(H,21,28). The molecule has 0 aliphatic carbocycles. The second-order valence-corrected chi connectivity index (χ2v) is 7.12. The van der Waals surface area contributed by atoms with Gasteiger partial charge < -0.3 is 14.6 Å². The van der Waals surface area contributed by atoms with Gasteiger partial charge in [-0.2, -0.15) is 0 Å². The van der Waals surface area contributed by atoms with Crippen LogP contribution in [-0.4, -0.2) is 46.0 Å². The van der Waals surface area contributed by atoms with Crippen molar-refractivity contribution >= 4 is 35.0 Å². The summed E-state index contributed by atoms with van der Waals surface area (Å²) in [5.74, 6) is -0.731. The molecule has 0 bridgehead atoms. The minimum absolute atomic E-state index is 0.175. The molecule has 1 unspecified atom stereocenters. The van der Waals surface area contributed by atoms with Crippen LogP contribution in [0.15, 0.2) is 35.6 Å². The Balaban J connectivity index is 1.89. The van der Waals surface area contributed by atoms with Crippen LogP contribution in [0.4, 0.5) is 0 Å². The van der Waals surface area contributed by atoms with Gasteiger partial charge in [0.1, 0.15) is 0 Å². The minimum atomic E-state index is -0.296. The van der Waals surface area contributed by atoms with Crippen LogP contribution in [0.5, 0.6) is 0 Å². The molecule has 0 spiro atoms. The van der Waals surface area contributed by atoms with Crippen molar-refractivity contribution in [3.63, 3.8) is 0 Å². The monoisotopic (exact) mass is 401 g/mol. The van der Waals surface area contributed by atoms with Crippen molar-refractivity contribution < 1.29 is 14.3 Å². The molecule has 2 aromatic rings. The number of benzene rings is 1. The minimum Gasteiger partial charge on any atom is -0.466 e. The number of hydrogen-bond acceptors (Lipinski definition) is 5. The molecule has 0 radical (unpaired) electrons. The molecule has 1 atom stereocenters. The summed E-state index contributed by atoms with van der Waals surface area (Å²) in [4.78, 5) is 42.2. The van der Waals surface area contributed by atoms with E-state index in [1.807, 2.05) is 0 Å². The smallest absolute Gasteiger partial charge is 0.310 e. The maximum Gasteiger partial charge on any atom is 0.310 e. The van der Waals surface area contributed by atoms with E-state index in [4.69, 9.17) is 17.0 Å². The van der Waals surface area contributed by atoms with Crippen molar-refractivity contribution in [3.8, 4) is 0 Å². The van der Waals surface area contributed by atoms with Crippen LogP contribution in [0.2, 0.25) is 0 Å². The highest BCUT2D eigenvalue weighted by molar-refractivity contribution is 7.71. The number of hydrogen-bond donors (Lipinski definition) is 1. The van der Waals surface area contributed by atoms with Crippen molar-refractivity contribution in [2.75, 3.05) is 19.7 Å². The Morgan fingerprint density at radius 1 is 1.43 bits per heavy atom. The van der Waals surface area contributed by atoms with Crippen LogP contribution < -0.4 is 5.56 Å². The molecule has 1 aliphatic rings. The summed E-state index contributed by atoms with van der Waals surface area (Å²) in [7, 11) is 0. The number of allylic oxidation sites excluding steroid dienone is 1. The number of likely N-dealkylation sites (tertiary alicyclic amines) is 1. The lowest BCUT2D eigenvalue weighted by atomic mass is 9.97. The second kappa shape index (κ2) is 8.52. The fourth-order valence-electron chi connectivity index (χ4n) is 3.48. The van der Waals surface area contributed by atoms with Crippen LogP contribution in [0.3, 0.4) is 0 Å². The fraction of sp³-hybridized carbons (Fsp3) is 0.400. The van der Waals surface area contributed by atoms with Gasteiger partial charge in [-0.1, -0.05) is 6.08 Å². The topological polar surface area (TPSA) is 84.4 Å². The van der Waals surface area contributed by atoms with Gasteiger partial charge in [0, 0.05) is 25.2 Å². The van der Waals surface area contributed by atoms with Gasteiger partial charge in [0.25, 0.3) is 11.5 Å². The largest absolute Gasteiger partial charge is 0.466 e. The zero-order valence-electron chi connectivity index (χ0n) is 15.8. The van der Waals surface area contributed by atoms with E-state index in [0.717, 1.165) is 12.8 Å². The molecule has 2 heterocycles. The fourth-order valence-corrected chi connectivity index (χ4v) is 3.75. The quantitative estimate of drug-likeness (QED) is 0.473. The number of nitrogens with one attached hydrogen (secondary N) is 1. The van der Waals surface area contributed by atoms with Gasteiger partial charge >= 0.3 is 5.97 Å². The molecular formula is C20H23N3O4S. The van der Waals surface area contributed by atoms with E-state index in [9.17, 15) is 14.4 Å². The van der Waals surface area contributed by atoms with Crippen LogP contribution in [-0.2, 0) is 16.1 Å². The summed E-state index contributed by atoms with van der Waals surface area (Å²) in [6.07, 6.45) is 3.07. The maximum atomic E-state index is 12.9. The van der Waals surface area contributed by atoms with E-state index in [1.165, 1.54) is 4.57 Å². The third-order valence-electron chi connectivity index (χ3n) is 4.87. The first-order valence-electron chi connectivity index (χ1n) is 9.30. The lowest BCUT2D eigenvalue weighted by Crippen LogP contribution is -2.42. The van der Waals surface area contributed by atoms with Gasteiger partial charge in [0.15, 0.2) is 4.77 Å². The number of carbonyl (C=O) groups is 2. The average Bonchev–Trinajstić information content (AvgIpc) is 2.70. The molecule has 28 heavy (non-hydrogen) atoms. The first-order valence-corrected chi connectivity index (χ1v) is 9.70. The molecule has 1 saturated heterocycles. The summed E-state index contributed by atoms with van der Waals surface area (Å²) in [6.45, 7) is 6.97. The number of fused-ring (bicyclic) bond motifs is 1. The lowest BCUT2D eigenvalue weighted by molar-refractivity contribution is -0.149. The van der Waals surface area contributed by atoms with Crippen LogP contribution >= 0.6 is 12.2 Å². The Morgan fingerprint density at radius 3 is 2.93 bits per heavy atom. The van der Waals surface area contributed by atoms with E-state index in [1.54, 1.807) is 36.1 Å². The summed E-state index contributed by atoms with van der Waals surface area (Å²) in [5, 5.41) is 0.454. The van der Waals surface area contributed by atoms with E-state index < -0.39 is 0 Å². The van der Waals surface area contributed by atoms with Crippen molar-refractivity contribution in [1.29, 1.82) is 0 Å². The van der Waals surface area contributed by atoms with Gasteiger partial charge in [-0.05, 0) is 50.2 Å². The maximum absolute atomic E-state index is 12.9. The number of aromatic amines is 1. The Labute approximate surface area is 167 Å². The van der Waals surface area contributed by atoms with E-state index in [-0.39, 0.29) is 28.1 Å². The molecule has 1 fully saturated rings. The van der Waals surface area contributed by atoms with E-state index in [0.29, 0.717) is 42.7 Å². The third kappa shape index (κ3) is 3.91. The Hall–Kier alpha value is -2.74. The molecule has 1 aliphatic heterocycles. The van der Waals surface area contributed by atoms with Gasteiger partial charge in [-0.25, -0.2) is 0 Å². The molecule has 1 N–H and O–H groups in total. The number of rotatable bonds is 5. The van der Waals surface area contributed by atoms with Crippen molar-refractivity contribution in [2.45, 2.75) is 26.3 Å². The van der Waals surface area contributed by atoms with Crippen molar-refractivity contribution in [1.82, 2.24) is 14.5 Å². The predicted octanol–water partition coefficient (Wildman–Crippen LogP) is 2.66. The number of piperidine rings is 1.